The minimum atomic E-state index is -0.163. The van der Waals surface area contributed by atoms with Gasteiger partial charge in [-0.25, -0.2) is 0 Å². The Morgan fingerprint density at radius 2 is 1.73 bits per heavy atom. The van der Waals surface area contributed by atoms with E-state index in [2.05, 4.69) is 0 Å². The molecule has 0 aliphatic carbocycles. The van der Waals surface area contributed by atoms with Crippen molar-refractivity contribution in [3.63, 3.8) is 0 Å². The van der Waals surface area contributed by atoms with Gasteiger partial charge in [-0.3, -0.25) is 4.79 Å². The second-order valence-corrected chi connectivity index (χ2v) is 1.93. The molecule has 3 nitrogen and oxygen atoms in total. The molecule has 0 saturated heterocycles. The van der Waals surface area contributed by atoms with Gasteiger partial charge >= 0.3 is 5.97 Å². The first kappa shape index (κ1) is 13.3. The van der Waals surface area contributed by atoms with Crippen molar-refractivity contribution in [3.05, 3.63) is 0 Å². The van der Waals surface area contributed by atoms with Crippen LogP contribution in [0.4, 0.5) is 0 Å². The van der Waals surface area contributed by atoms with Gasteiger partial charge in [0.1, 0.15) is 0 Å². The largest absolute Gasteiger partial charge is 0.368 e. The van der Waals surface area contributed by atoms with Gasteiger partial charge in [0.2, 0.25) is 0 Å². The fourth-order valence-electron chi connectivity index (χ4n) is 0.561. The molecule has 0 heterocycles. The number of carbonyl (C=O) groups excluding carboxylic acids is 1. The van der Waals surface area contributed by atoms with Gasteiger partial charge in [-0.05, 0) is 13.8 Å². The monoisotopic (exact) mass is 181 g/mol. The number of rotatable bonds is 4. The summed E-state index contributed by atoms with van der Waals surface area (Å²) in [5, 5.41) is 1.63. The quantitative estimate of drug-likeness (QED) is 0.618. The van der Waals surface area contributed by atoms with Crippen LogP contribution in [0.25, 0.3) is 0 Å². The normalized spacial score (nSPS) is 9.09. The first-order chi connectivity index (χ1) is 4.74. The van der Waals surface area contributed by atoms with E-state index in [1.54, 1.807) is 12.0 Å². The summed E-state index contributed by atoms with van der Waals surface area (Å²) < 4.78 is 0. The molecule has 0 aromatic rings. The molecule has 0 aliphatic rings. The maximum Gasteiger partial charge on any atom is 0.324 e. The zero-order valence-electron chi connectivity index (χ0n) is 7.29. The molecule has 68 valence electrons. The fourth-order valence-corrected chi connectivity index (χ4v) is 0.561. The van der Waals surface area contributed by atoms with Crippen molar-refractivity contribution in [1.82, 2.24) is 5.06 Å². The maximum atomic E-state index is 10.7. The third kappa shape index (κ3) is 6.13. The highest BCUT2D eigenvalue weighted by molar-refractivity contribution is 5.85. The minimum Gasteiger partial charge on any atom is -0.368 e. The van der Waals surface area contributed by atoms with Crippen molar-refractivity contribution in [2.24, 2.45) is 0 Å². The van der Waals surface area contributed by atoms with Crippen molar-refractivity contribution < 1.29 is 9.63 Å². The van der Waals surface area contributed by atoms with E-state index in [-0.39, 0.29) is 18.4 Å². The second kappa shape index (κ2) is 7.82. The van der Waals surface area contributed by atoms with Gasteiger partial charge < -0.3 is 4.84 Å². The number of hydrogen-bond donors (Lipinski definition) is 0. The van der Waals surface area contributed by atoms with Crippen molar-refractivity contribution >= 4 is 18.4 Å². The summed E-state index contributed by atoms with van der Waals surface area (Å²) in [7, 11) is 0. The predicted molar refractivity (Wildman–Crippen MR) is 46.6 cm³/mol. The lowest BCUT2D eigenvalue weighted by atomic mass is 10.5. The highest BCUT2D eigenvalue weighted by Crippen LogP contribution is 1.91. The van der Waals surface area contributed by atoms with Crippen molar-refractivity contribution in [2.75, 3.05) is 13.1 Å². The molecule has 0 rings (SSSR count). The van der Waals surface area contributed by atoms with E-state index in [1.165, 1.54) is 0 Å². The molecule has 0 unspecified atom stereocenters. The summed E-state index contributed by atoms with van der Waals surface area (Å²) in [5.41, 5.74) is 0. The lowest BCUT2D eigenvalue weighted by Crippen LogP contribution is -2.26. The lowest BCUT2D eigenvalue weighted by Gasteiger charge is -2.16. The third-order valence-electron chi connectivity index (χ3n) is 1.23. The Kier molecular flexibility index (Phi) is 9.47. The number of halogens is 1. The van der Waals surface area contributed by atoms with E-state index in [4.69, 9.17) is 4.84 Å². The number of hydroxylamine groups is 2. The first-order valence-corrected chi connectivity index (χ1v) is 3.70. The molecule has 0 saturated carbocycles. The Bertz CT molecular complexity index is 105. The summed E-state index contributed by atoms with van der Waals surface area (Å²) in [6, 6.07) is 0. The SMILES string of the molecule is CCC(=O)ON(CC)CC.Cl. The van der Waals surface area contributed by atoms with Gasteiger partial charge in [0, 0.05) is 19.5 Å². The number of carbonyl (C=O) groups is 1. The highest BCUT2D eigenvalue weighted by Gasteiger charge is 2.03. The van der Waals surface area contributed by atoms with E-state index < -0.39 is 0 Å². The van der Waals surface area contributed by atoms with E-state index in [1.807, 2.05) is 13.8 Å². The van der Waals surface area contributed by atoms with Crippen LogP contribution in [0.1, 0.15) is 27.2 Å². The smallest absolute Gasteiger partial charge is 0.324 e. The van der Waals surface area contributed by atoms with Gasteiger partial charge in [0.05, 0.1) is 0 Å². The van der Waals surface area contributed by atoms with Gasteiger partial charge in [-0.1, -0.05) is 6.92 Å². The van der Waals surface area contributed by atoms with Crippen LogP contribution in [0.5, 0.6) is 0 Å². The van der Waals surface area contributed by atoms with Gasteiger partial charge in [-0.2, -0.15) is 0 Å². The van der Waals surface area contributed by atoms with Crippen LogP contribution in [0.15, 0.2) is 0 Å². The Balaban J connectivity index is 0. The maximum absolute atomic E-state index is 10.7. The third-order valence-corrected chi connectivity index (χ3v) is 1.23. The average molecular weight is 182 g/mol. The highest BCUT2D eigenvalue weighted by atomic mass is 35.5. The van der Waals surface area contributed by atoms with Crippen molar-refractivity contribution in [2.45, 2.75) is 27.2 Å². The Labute approximate surface area is 74.1 Å². The van der Waals surface area contributed by atoms with Gasteiger partial charge in [-0.15, -0.1) is 17.5 Å². The molecule has 0 N–H and O–H groups in total. The summed E-state index contributed by atoms with van der Waals surface area (Å²) >= 11 is 0. The van der Waals surface area contributed by atoms with Crippen molar-refractivity contribution in [3.8, 4) is 0 Å². The summed E-state index contributed by atoms with van der Waals surface area (Å²) in [6.45, 7) is 7.19. The zero-order valence-corrected chi connectivity index (χ0v) is 8.11. The molecule has 0 amide bonds. The molecule has 0 bridgehead atoms. The predicted octanol–water partition coefficient (Wildman–Crippen LogP) is 1.62. The molecule has 0 fully saturated rings. The zero-order chi connectivity index (χ0) is 7.98. The fraction of sp³-hybridized carbons (Fsp3) is 0.857. The number of nitrogens with zero attached hydrogens (tertiary/aromatic N) is 1. The molecular weight excluding hydrogens is 166 g/mol. The lowest BCUT2D eigenvalue weighted by molar-refractivity contribution is -0.188. The molecule has 0 radical (unpaired) electrons. The van der Waals surface area contributed by atoms with Gasteiger partial charge in [0.15, 0.2) is 0 Å². The minimum absolute atomic E-state index is 0. The van der Waals surface area contributed by atoms with Crippen LogP contribution in [0.3, 0.4) is 0 Å². The van der Waals surface area contributed by atoms with Crippen LogP contribution in [0, 0.1) is 0 Å². The number of hydrogen-bond acceptors (Lipinski definition) is 3. The molecule has 0 aliphatic heterocycles. The van der Waals surface area contributed by atoms with Crippen LogP contribution in [-0.4, -0.2) is 24.1 Å². The van der Waals surface area contributed by atoms with Gasteiger partial charge in [0.25, 0.3) is 0 Å². The topological polar surface area (TPSA) is 29.5 Å². The Morgan fingerprint density at radius 1 is 1.27 bits per heavy atom. The molecule has 0 aromatic carbocycles. The average Bonchev–Trinajstić information content (AvgIpc) is 1.99. The standard InChI is InChI=1S/C7H15NO2.ClH/c1-4-7(9)10-8(5-2)6-3;/h4-6H2,1-3H3;1H. The second-order valence-electron chi connectivity index (χ2n) is 1.93. The van der Waals surface area contributed by atoms with Crippen LogP contribution < -0.4 is 0 Å². The summed E-state index contributed by atoms with van der Waals surface area (Å²) in [4.78, 5) is 15.6. The first-order valence-electron chi connectivity index (χ1n) is 3.70. The van der Waals surface area contributed by atoms with Crippen LogP contribution in [-0.2, 0) is 9.63 Å². The van der Waals surface area contributed by atoms with E-state index in [9.17, 15) is 4.79 Å². The Hall–Kier alpha value is -0.280. The molecular formula is C7H16ClNO2. The Morgan fingerprint density at radius 3 is 2.00 bits per heavy atom. The molecule has 0 aromatic heterocycles. The van der Waals surface area contributed by atoms with Crippen molar-refractivity contribution in [1.29, 1.82) is 0 Å². The molecule has 0 spiro atoms. The van der Waals surface area contributed by atoms with E-state index in [0.29, 0.717) is 6.42 Å². The van der Waals surface area contributed by atoms with Crippen LogP contribution in [0.2, 0.25) is 0 Å². The van der Waals surface area contributed by atoms with Crippen LogP contribution >= 0.6 is 12.4 Å². The molecule has 11 heavy (non-hydrogen) atoms. The van der Waals surface area contributed by atoms with E-state index in [0.717, 1.165) is 13.1 Å². The molecule has 0 atom stereocenters. The van der Waals surface area contributed by atoms with E-state index >= 15 is 0 Å². The summed E-state index contributed by atoms with van der Waals surface area (Å²) in [5.74, 6) is -0.163. The summed E-state index contributed by atoms with van der Waals surface area (Å²) in [6.07, 6.45) is 0.441. The molecule has 4 heteroatoms.